The van der Waals surface area contributed by atoms with Crippen LogP contribution in [-0.4, -0.2) is 68.2 Å². The monoisotopic (exact) mass is 484 g/mol. The summed E-state index contributed by atoms with van der Waals surface area (Å²) in [7, 11) is 2.84. The van der Waals surface area contributed by atoms with Crippen molar-refractivity contribution in [2.75, 3.05) is 27.4 Å². The van der Waals surface area contributed by atoms with Crippen LogP contribution in [0.4, 0.5) is 4.79 Å². The summed E-state index contributed by atoms with van der Waals surface area (Å²) in [5.74, 6) is -2.03. The lowest BCUT2D eigenvalue weighted by Gasteiger charge is -2.28. The van der Waals surface area contributed by atoms with Gasteiger partial charge in [0.15, 0.2) is 0 Å². The maximum Gasteiger partial charge on any atom is 0.407 e. The second-order valence-corrected chi connectivity index (χ2v) is 9.05. The van der Waals surface area contributed by atoms with E-state index >= 15 is 0 Å². The minimum Gasteiger partial charge on any atom is -0.480 e. The van der Waals surface area contributed by atoms with E-state index < -0.39 is 35.7 Å². The van der Waals surface area contributed by atoms with Crippen LogP contribution in [0.25, 0.3) is 11.1 Å². The zero-order chi connectivity index (χ0) is 25.6. The number of benzene rings is 2. The summed E-state index contributed by atoms with van der Waals surface area (Å²) in [6.07, 6.45) is -0.761. The van der Waals surface area contributed by atoms with Crippen molar-refractivity contribution in [2.24, 2.45) is 0 Å². The van der Waals surface area contributed by atoms with Gasteiger partial charge in [0.05, 0.1) is 12.2 Å². The standard InChI is InChI=1S/C26H32N2O7/c1-26(2,34-4)13-21(24(30)31)27-23(29)22(15-33-3)28-25(32)35-14-20-18-11-7-5-9-16(18)17-10-6-8-12-19(17)20/h5-12,20-22H,13-15H2,1-4H3,(H,27,29)(H,28,32)(H,30,31)/t21?,22-/m0/s1. The summed E-state index contributed by atoms with van der Waals surface area (Å²) in [5, 5.41) is 14.5. The minimum atomic E-state index is -1.21. The Morgan fingerprint density at radius 3 is 2.03 bits per heavy atom. The average molecular weight is 485 g/mol. The van der Waals surface area contributed by atoms with Crippen LogP contribution in [0.3, 0.4) is 0 Å². The molecule has 0 aliphatic heterocycles. The molecule has 9 nitrogen and oxygen atoms in total. The van der Waals surface area contributed by atoms with Gasteiger partial charge in [0.25, 0.3) is 0 Å². The van der Waals surface area contributed by atoms with Crippen LogP contribution in [-0.2, 0) is 23.8 Å². The van der Waals surface area contributed by atoms with Crippen LogP contribution in [0.1, 0.15) is 37.3 Å². The number of nitrogens with one attached hydrogen (secondary N) is 2. The highest BCUT2D eigenvalue weighted by Crippen LogP contribution is 2.44. The van der Waals surface area contributed by atoms with E-state index in [9.17, 15) is 19.5 Å². The van der Waals surface area contributed by atoms with Gasteiger partial charge in [-0.15, -0.1) is 0 Å². The predicted molar refractivity (Wildman–Crippen MR) is 129 cm³/mol. The molecule has 2 aromatic carbocycles. The average Bonchev–Trinajstić information content (AvgIpc) is 3.15. The van der Waals surface area contributed by atoms with Crippen LogP contribution < -0.4 is 10.6 Å². The molecule has 0 radical (unpaired) electrons. The van der Waals surface area contributed by atoms with Crippen molar-refractivity contribution in [1.29, 1.82) is 0 Å². The van der Waals surface area contributed by atoms with Crippen molar-refractivity contribution in [2.45, 2.75) is 43.9 Å². The van der Waals surface area contributed by atoms with Crippen molar-refractivity contribution in [3.05, 3.63) is 59.7 Å². The molecule has 9 heteroatoms. The van der Waals surface area contributed by atoms with Gasteiger partial charge in [0.2, 0.25) is 5.91 Å². The second kappa shape index (κ2) is 11.3. The number of carboxylic acids is 1. The zero-order valence-electron chi connectivity index (χ0n) is 20.4. The Kier molecular flexibility index (Phi) is 8.48. The van der Waals surface area contributed by atoms with Crippen LogP contribution in [0.5, 0.6) is 0 Å². The molecule has 0 aromatic heterocycles. The Morgan fingerprint density at radius 1 is 0.943 bits per heavy atom. The third kappa shape index (κ3) is 6.37. The van der Waals surface area contributed by atoms with E-state index in [0.717, 1.165) is 22.3 Å². The Hall–Kier alpha value is -3.43. The number of hydrogen-bond donors (Lipinski definition) is 3. The summed E-state index contributed by atoms with van der Waals surface area (Å²) in [5.41, 5.74) is 3.57. The van der Waals surface area contributed by atoms with Crippen molar-refractivity contribution in [1.82, 2.24) is 10.6 Å². The lowest BCUT2D eigenvalue weighted by Crippen LogP contribution is -2.54. The van der Waals surface area contributed by atoms with Gasteiger partial charge >= 0.3 is 12.1 Å². The SMILES string of the molecule is COC[C@H](NC(=O)OCC1c2ccccc2-c2ccccc21)C(=O)NC(CC(C)(C)OC)C(=O)O. The molecule has 3 rings (SSSR count). The normalized spacial score (nSPS) is 14.4. The molecule has 35 heavy (non-hydrogen) atoms. The largest absolute Gasteiger partial charge is 0.480 e. The minimum absolute atomic E-state index is 0.0369. The number of hydrogen-bond acceptors (Lipinski definition) is 6. The Morgan fingerprint density at radius 2 is 1.51 bits per heavy atom. The molecule has 1 unspecified atom stereocenters. The van der Waals surface area contributed by atoms with Gasteiger partial charge in [-0.2, -0.15) is 0 Å². The quantitative estimate of drug-likeness (QED) is 0.448. The summed E-state index contributed by atoms with van der Waals surface area (Å²) in [6, 6.07) is 13.6. The molecule has 3 N–H and O–H groups in total. The first-order chi connectivity index (χ1) is 16.7. The second-order valence-electron chi connectivity index (χ2n) is 9.05. The van der Waals surface area contributed by atoms with Crippen LogP contribution in [0, 0.1) is 0 Å². The van der Waals surface area contributed by atoms with E-state index in [1.807, 2.05) is 48.5 Å². The smallest absolute Gasteiger partial charge is 0.407 e. The lowest BCUT2D eigenvalue weighted by atomic mass is 9.98. The van der Waals surface area contributed by atoms with E-state index in [1.165, 1.54) is 14.2 Å². The summed E-state index contributed by atoms with van der Waals surface area (Å²) in [4.78, 5) is 37.1. The number of carbonyl (C=O) groups is 3. The van der Waals surface area contributed by atoms with Gasteiger partial charge < -0.3 is 30.0 Å². The molecular formula is C26H32N2O7. The van der Waals surface area contributed by atoms with Crippen LogP contribution in [0.15, 0.2) is 48.5 Å². The molecule has 2 atom stereocenters. The van der Waals surface area contributed by atoms with Gasteiger partial charge in [-0.25, -0.2) is 9.59 Å². The Bertz CT molecular complexity index is 1020. The number of aliphatic carboxylic acids is 1. The van der Waals surface area contributed by atoms with Gasteiger partial charge in [0, 0.05) is 26.6 Å². The number of rotatable bonds is 11. The van der Waals surface area contributed by atoms with Crippen molar-refractivity contribution in [3.63, 3.8) is 0 Å². The zero-order valence-corrected chi connectivity index (χ0v) is 20.4. The number of carbonyl (C=O) groups excluding carboxylic acids is 2. The molecule has 0 saturated heterocycles. The first-order valence-electron chi connectivity index (χ1n) is 11.4. The van der Waals surface area contributed by atoms with Gasteiger partial charge in [-0.3, -0.25) is 4.79 Å². The molecule has 1 aliphatic carbocycles. The lowest BCUT2D eigenvalue weighted by molar-refractivity contribution is -0.144. The third-order valence-corrected chi connectivity index (χ3v) is 6.15. The number of amides is 2. The van der Waals surface area contributed by atoms with Crippen LogP contribution >= 0.6 is 0 Å². The molecule has 2 amide bonds. The van der Waals surface area contributed by atoms with Gasteiger partial charge in [-0.1, -0.05) is 48.5 Å². The molecule has 0 bridgehead atoms. The van der Waals surface area contributed by atoms with Crippen LogP contribution in [0.2, 0.25) is 0 Å². The molecule has 1 aliphatic rings. The highest BCUT2D eigenvalue weighted by Gasteiger charge is 2.33. The highest BCUT2D eigenvalue weighted by molar-refractivity contribution is 5.89. The molecule has 0 spiro atoms. The maximum absolute atomic E-state index is 12.8. The number of carboxylic acid groups (broad SMARTS) is 1. The van der Waals surface area contributed by atoms with E-state index in [0.29, 0.717) is 0 Å². The number of ether oxygens (including phenoxy) is 3. The van der Waals surface area contributed by atoms with Gasteiger partial charge in [-0.05, 0) is 36.1 Å². The molecule has 0 saturated carbocycles. The first kappa shape index (κ1) is 26.2. The number of methoxy groups -OCH3 is 2. The Labute approximate surface area is 204 Å². The fourth-order valence-electron chi connectivity index (χ4n) is 4.18. The van der Waals surface area contributed by atoms with Gasteiger partial charge in [0.1, 0.15) is 18.7 Å². The fraction of sp³-hybridized carbons (Fsp3) is 0.423. The molecular weight excluding hydrogens is 452 g/mol. The fourth-order valence-corrected chi connectivity index (χ4v) is 4.18. The molecule has 188 valence electrons. The summed E-state index contributed by atoms with van der Waals surface area (Å²) >= 11 is 0. The predicted octanol–water partition coefficient (Wildman–Crippen LogP) is 2.92. The van der Waals surface area contributed by atoms with E-state index in [-0.39, 0.29) is 25.6 Å². The van der Waals surface area contributed by atoms with Crippen molar-refractivity contribution >= 4 is 18.0 Å². The topological polar surface area (TPSA) is 123 Å². The third-order valence-electron chi connectivity index (χ3n) is 6.15. The molecule has 2 aromatic rings. The first-order valence-corrected chi connectivity index (χ1v) is 11.4. The summed E-state index contributed by atoms with van der Waals surface area (Å²) < 4.78 is 15.8. The van der Waals surface area contributed by atoms with Crippen molar-refractivity contribution in [3.8, 4) is 11.1 Å². The highest BCUT2D eigenvalue weighted by atomic mass is 16.5. The molecule has 0 fully saturated rings. The number of alkyl carbamates (subject to hydrolysis) is 1. The maximum atomic E-state index is 12.8. The molecule has 0 heterocycles. The van der Waals surface area contributed by atoms with Crippen molar-refractivity contribution < 1.29 is 33.7 Å². The number of fused-ring (bicyclic) bond motifs is 3. The summed E-state index contributed by atoms with van der Waals surface area (Å²) in [6.45, 7) is 3.37. The Balaban J connectivity index is 1.64. The van der Waals surface area contributed by atoms with E-state index in [2.05, 4.69) is 10.6 Å². The van der Waals surface area contributed by atoms with E-state index in [4.69, 9.17) is 14.2 Å². The van der Waals surface area contributed by atoms with E-state index in [1.54, 1.807) is 13.8 Å².